The summed E-state index contributed by atoms with van der Waals surface area (Å²) in [7, 11) is 0. The highest BCUT2D eigenvalue weighted by molar-refractivity contribution is 7.10. The van der Waals surface area contributed by atoms with Crippen molar-refractivity contribution in [2.45, 2.75) is 25.8 Å². The first kappa shape index (κ1) is 13.6. The van der Waals surface area contributed by atoms with Gasteiger partial charge in [-0.15, -0.1) is 11.3 Å². The number of rotatable bonds is 6. The molecule has 0 fully saturated rings. The van der Waals surface area contributed by atoms with Crippen LogP contribution >= 0.6 is 22.9 Å². The van der Waals surface area contributed by atoms with E-state index in [1.807, 2.05) is 23.5 Å². The van der Waals surface area contributed by atoms with Crippen molar-refractivity contribution in [1.82, 2.24) is 5.32 Å². The number of benzene rings is 1. The predicted octanol–water partition coefficient (Wildman–Crippen LogP) is 4.68. The van der Waals surface area contributed by atoms with E-state index in [1.165, 1.54) is 10.4 Å². The minimum atomic E-state index is 0.484. The Morgan fingerprint density at radius 1 is 1.22 bits per heavy atom. The van der Waals surface area contributed by atoms with E-state index in [9.17, 15) is 0 Å². The highest BCUT2D eigenvalue weighted by atomic mass is 35.5. The summed E-state index contributed by atoms with van der Waals surface area (Å²) in [6.07, 6.45) is 2.17. The topological polar surface area (TPSA) is 12.0 Å². The van der Waals surface area contributed by atoms with Crippen molar-refractivity contribution in [3.05, 3.63) is 57.2 Å². The Kier molecular flexibility index (Phi) is 5.24. The van der Waals surface area contributed by atoms with Crippen molar-refractivity contribution in [3.63, 3.8) is 0 Å². The first-order valence-electron chi connectivity index (χ1n) is 6.31. The summed E-state index contributed by atoms with van der Waals surface area (Å²) in [4.78, 5) is 1.42. The van der Waals surface area contributed by atoms with Gasteiger partial charge in [-0.1, -0.05) is 36.7 Å². The Balaban J connectivity index is 1.82. The molecule has 0 saturated carbocycles. The molecule has 0 aliphatic rings. The summed E-state index contributed by atoms with van der Waals surface area (Å²) in [5, 5.41) is 6.55. The van der Waals surface area contributed by atoms with Gasteiger partial charge in [0.2, 0.25) is 0 Å². The highest BCUT2D eigenvalue weighted by Gasteiger charge is 2.08. The molecule has 1 atom stereocenters. The maximum atomic E-state index is 5.87. The number of halogens is 1. The van der Waals surface area contributed by atoms with Crippen LogP contribution in [-0.2, 0) is 6.42 Å². The van der Waals surface area contributed by atoms with Gasteiger partial charge in [-0.3, -0.25) is 0 Å². The minimum absolute atomic E-state index is 0.484. The molecule has 2 aromatic rings. The minimum Gasteiger partial charge on any atom is -0.309 e. The Morgan fingerprint density at radius 2 is 2.00 bits per heavy atom. The van der Waals surface area contributed by atoms with Gasteiger partial charge >= 0.3 is 0 Å². The molecule has 1 aromatic carbocycles. The van der Waals surface area contributed by atoms with Gasteiger partial charge in [0.05, 0.1) is 0 Å². The SMILES string of the molecule is CCC(NCCc1ccc(Cl)cc1)c1cccs1. The van der Waals surface area contributed by atoms with Crippen LogP contribution in [0.2, 0.25) is 5.02 Å². The number of hydrogen-bond donors (Lipinski definition) is 1. The van der Waals surface area contributed by atoms with E-state index in [4.69, 9.17) is 11.6 Å². The van der Waals surface area contributed by atoms with Gasteiger partial charge in [-0.05, 0) is 48.5 Å². The molecule has 0 aliphatic carbocycles. The van der Waals surface area contributed by atoms with E-state index in [1.54, 1.807) is 0 Å². The molecule has 18 heavy (non-hydrogen) atoms. The third-order valence-electron chi connectivity index (χ3n) is 3.01. The van der Waals surface area contributed by atoms with Crippen LogP contribution in [0.1, 0.15) is 29.8 Å². The second-order valence-electron chi connectivity index (χ2n) is 4.31. The third-order valence-corrected chi connectivity index (χ3v) is 4.25. The lowest BCUT2D eigenvalue weighted by Gasteiger charge is -2.15. The van der Waals surface area contributed by atoms with E-state index in [0.717, 1.165) is 24.4 Å². The summed E-state index contributed by atoms with van der Waals surface area (Å²) < 4.78 is 0. The van der Waals surface area contributed by atoms with E-state index in [2.05, 4.69) is 41.9 Å². The average molecular weight is 280 g/mol. The smallest absolute Gasteiger partial charge is 0.0412 e. The molecule has 3 heteroatoms. The van der Waals surface area contributed by atoms with Crippen LogP contribution in [0.5, 0.6) is 0 Å². The first-order chi connectivity index (χ1) is 8.79. The Hall–Kier alpha value is -0.830. The molecule has 1 unspecified atom stereocenters. The van der Waals surface area contributed by atoms with Gasteiger partial charge < -0.3 is 5.32 Å². The van der Waals surface area contributed by atoms with Crippen molar-refractivity contribution >= 4 is 22.9 Å². The van der Waals surface area contributed by atoms with E-state index in [-0.39, 0.29) is 0 Å². The fourth-order valence-corrected chi connectivity index (χ4v) is 2.99. The summed E-state index contributed by atoms with van der Waals surface area (Å²) in [6, 6.07) is 12.9. The van der Waals surface area contributed by atoms with Crippen molar-refractivity contribution < 1.29 is 0 Å². The maximum absolute atomic E-state index is 5.87. The molecule has 0 amide bonds. The van der Waals surface area contributed by atoms with Crippen molar-refractivity contribution in [1.29, 1.82) is 0 Å². The zero-order valence-electron chi connectivity index (χ0n) is 10.5. The van der Waals surface area contributed by atoms with Crippen LogP contribution in [0, 0.1) is 0 Å². The van der Waals surface area contributed by atoms with Crippen LogP contribution in [0.3, 0.4) is 0 Å². The van der Waals surface area contributed by atoms with Gasteiger partial charge in [0, 0.05) is 15.9 Å². The van der Waals surface area contributed by atoms with Gasteiger partial charge in [-0.25, -0.2) is 0 Å². The maximum Gasteiger partial charge on any atom is 0.0412 e. The van der Waals surface area contributed by atoms with E-state index in [0.29, 0.717) is 6.04 Å². The van der Waals surface area contributed by atoms with Crippen molar-refractivity contribution in [3.8, 4) is 0 Å². The Bertz CT molecular complexity index is 450. The van der Waals surface area contributed by atoms with Gasteiger partial charge in [0.25, 0.3) is 0 Å². The van der Waals surface area contributed by atoms with Crippen molar-refractivity contribution in [2.24, 2.45) is 0 Å². The molecular formula is C15H18ClNS. The molecule has 1 aromatic heterocycles. The lowest BCUT2D eigenvalue weighted by atomic mass is 10.1. The van der Waals surface area contributed by atoms with Crippen LogP contribution < -0.4 is 5.32 Å². The van der Waals surface area contributed by atoms with Crippen LogP contribution in [-0.4, -0.2) is 6.54 Å². The lowest BCUT2D eigenvalue weighted by molar-refractivity contribution is 0.530. The quantitative estimate of drug-likeness (QED) is 0.809. The first-order valence-corrected chi connectivity index (χ1v) is 7.56. The lowest BCUT2D eigenvalue weighted by Crippen LogP contribution is -2.22. The normalized spacial score (nSPS) is 12.6. The molecule has 96 valence electrons. The summed E-state index contributed by atoms with van der Waals surface area (Å²) in [5.74, 6) is 0. The van der Waals surface area contributed by atoms with Crippen molar-refractivity contribution in [2.75, 3.05) is 6.54 Å². The molecule has 2 rings (SSSR count). The number of hydrogen-bond acceptors (Lipinski definition) is 2. The Labute approximate surface area is 118 Å². The fraction of sp³-hybridized carbons (Fsp3) is 0.333. The van der Waals surface area contributed by atoms with Crippen LogP contribution in [0.25, 0.3) is 0 Å². The largest absolute Gasteiger partial charge is 0.309 e. The summed E-state index contributed by atoms with van der Waals surface area (Å²) in [6.45, 7) is 3.22. The van der Waals surface area contributed by atoms with E-state index < -0.39 is 0 Å². The molecule has 0 radical (unpaired) electrons. The second kappa shape index (κ2) is 6.93. The fourth-order valence-electron chi connectivity index (χ4n) is 1.98. The third kappa shape index (κ3) is 3.84. The summed E-state index contributed by atoms with van der Waals surface area (Å²) >= 11 is 7.70. The second-order valence-corrected chi connectivity index (χ2v) is 5.72. The van der Waals surface area contributed by atoms with Gasteiger partial charge in [0.1, 0.15) is 0 Å². The standard InChI is InChI=1S/C15H18ClNS/c1-2-14(15-4-3-11-18-15)17-10-9-12-5-7-13(16)8-6-12/h3-8,11,14,17H,2,9-10H2,1H3. The van der Waals surface area contributed by atoms with Gasteiger partial charge in [-0.2, -0.15) is 0 Å². The zero-order valence-corrected chi connectivity index (χ0v) is 12.1. The molecule has 1 N–H and O–H groups in total. The zero-order chi connectivity index (χ0) is 12.8. The Morgan fingerprint density at radius 3 is 2.61 bits per heavy atom. The molecule has 1 heterocycles. The van der Waals surface area contributed by atoms with E-state index >= 15 is 0 Å². The predicted molar refractivity (Wildman–Crippen MR) is 80.5 cm³/mol. The van der Waals surface area contributed by atoms with Crippen LogP contribution in [0.4, 0.5) is 0 Å². The molecule has 0 aliphatic heterocycles. The molecule has 0 saturated heterocycles. The monoisotopic (exact) mass is 279 g/mol. The highest BCUT2D eigenvalue weighted by Crippen LogP contribution is 2.21. The van der Waals surface area contributed by atoms with Crippen LogP contribution in [0.15, 0.2) is 41.8 Å². The number of nitrogens with one attached hydrogen (secondary N) is 1. The summed E-state index contributed by atoms with van der Waals surface area (Å²) in [5.41, 5.74) is 1.33. The molecular weight excluding hydrogens is 262 g/mol. The molecule has 0 bridgehead atoms. The van der Waals surface area contributed by atoms with Gasteiger partial charge in [0.15, 0.2) is 0 Å². The number of thiophene rings is 1. The molecule has 0 spiro atoms. The molecule has 1 nitrogen and oxygen atoms in total. The average Bonchev–Trinajstić information content (AvgIpc) is 2.91.